The molecule has 2 aromatic rings. The number of amides is 2. The number of nitrogens with one attached hydrogen (secondary N) is 1. The highest BCUT2D eigenvalue weighted by atomic mass is 16.6. The second-order valence-corrected chi connectivity index (χ2v) is 6.07. The third kappa shape index (κ3) is 3.15. The average molecular weight is 338 g/mol. The molecule has 2 heterocycles. The number of anilines is 1. The van der Waals surface area contributed by atoms with Crippen molar-refractivity contribution >= 4 is 17.5 Å². The van der Waals surface area contributed by atoms with E-state index in [1.807, 2.05) is 36.4 Å². The van der Waals surface area contributed by atoms with Gasteiger partial charge >= 0.3 is 0 Å². The molecular formula is C19H18N2O4. The van der Waals surface area contributed by atoms with Crippen LogP contribution in [-0.2, 0) is 4.79 Å². The topological polar surface area (TPSA) is 67.9 Å². The van der Waals surface area contributed by atoms with Crippen molar-refractivity contribution < 1.29 is 19.1 Å². The van der Waals surface area contributed by atoms with Gasteiger partial charge in [0.15, 0.2) is 11.5 Å². The third-order valence-electron chi connectivity index (χ3n) is 4.33. The van der Waals surface area contributed by atoms with Crippen LogP contribution in [0.4, 0.5) is 5.69 Å². The van der Waals surface area contributed by atoms with Gasteiger partial charge in [0.05, 0.1) is 6.04 Å². The summed E-state index contributed by atoms with van der Waals surface area (Å²) in [7, 11) is 0. The van der Waals surface area contributed by atoms with Crippen LogP contribution in [0, 0.1) is 0 Å². The molecule has 1 atom stereocenters. The minimum absolute atomic E-state index is 0.0185. The first-order valence-corrected chi connectivity index (χ1v) is 8.26. The standard InChI is InChI=1S/C19H18N2O4/c22-18-10-14(20-19(23)13-4-2-1-3-5-13)12-21(18)15-6-7-16-17(11-15)25-9-8-24-16/h1-7,11,14H,8-10,12H2,(H,20,23)/t14-/m1/s1. The fraction of sp³-hybridized carbons (Fsp3) is 0.263. The fourth-order valence-corrected chi connectivity index (χ4v) is 3.11. The Labute approximate surface area is 145 Å². The number of rotatable bonds is 3. The molecule has 2 aromatic carbocycles. The maximum atomic E-state index is 12.4. The molecular weight excluding hydrogens is 320 g/mol. The van der Waals surface area contributed by atoms with Gasteiger partial charge in [-0.25, -0.2) is 0 Å². The van der Waals surface area contributed by atoms with Gasteiger partial charge in [-0.3, -0.25) is 9.59 Å². The van der Waals surface area contributed by atoms with E-state index in [1.165, 1.54) is 0 Å². The molecule has 6 nitrogen and oxygen atoms in total. The Morgan fingerprint density at radius 3 is 2.60 bits per heavy atom. The van der Waals surface area contributed by atoms with E-state index in [9.17, 15) is 9.59 Å². The lowest BCUT2D eigenvalue weighted by Crippen LogP contribution is -2.37. The van der Waals surface area contributed by atoms with Crippen molar-refractivity contribution in [3.05, 3.63) is 54.1 Å². The second kappa shape index (κ2) is 6.47. The predicted molar refractivity (Wildman–Crippen MR) is 92.1 cm³/mol. The SMILES string of the molecule is O=C(N[C@@H]1CC(=O)N(c2ccc3c(c2)OCCO3)C1)c1ccccc1. The molecule has 6 heteroatoms. The molecule has 4 rings (SSSR count). The molecule has 0 aliphatic carbocycles. The molecule has 2 aliphatic rings. The average Bonchev–Trinajstić information content (AvgIpc) is 3.02. The van der Waals surface area contributed by atoms with Crippen LogP contribution < -0.4 is 19.7 Å². The van der Waals surface area contributed by atoms with Crippen molar-refractivity contribution in [2.75, 3.05) is 24.7 Å². The molecule has 0 aromatic heterocycles. The van der Waals surface area contributed by atoms with E-state index in [0.717, 1.165) is 5.69 Å². The first kappa shape index (κ1) is 15.5. The summed E-state index contributed by atoms with van der Waals surface area (Å²) in [6.07, 6.45) is 0.285. The van der Waals surface area contributed by atoms with Gasteiger partial charge in [0.25, 0.3) is 5.91 Å². The van der Waals surface area contributed by atoms with E-state index in [0.29, 0.717) is 36.8 Å². The highest BCUT2D eigenvalue weighted by molar-refractivity contribution is 5.99. The number of ether oxygens (including phenoxy) is 2. The quantitative estimate of drug-likeness (QED) is 0.929. The number of fused-ring (bicyclic) bond motifs is 1. The summed E-state index contributed by atoms with van der Waals surface area (Å²) in [5.41, 5.74) is 1.35. The van der Waals surface area contributed by atoms with Crippen LogP contribution in [0.2, 0.25) is 0 Å². The summed E-state index contributed by atoms with van der Waals surface area (Å²) in [6.45, 7) is 1.47. The highest BCUT2D eigenvalue weighted by Crippen LogP contribution is 2.35. The van der Waals surface area contributed by atoms with Crippen LogP contribution in [0.1, 0.15) is 16.8 Å². The largest absolute Gasteiger partial charge is 0.486 e. The van der Waals surface area contributed by atoms with E-state index in [2.05, 4.69) is 5.32 Å². The molecule has 128 valence electrons. The summed E-state index contributed by atoms with van der Waals surface area (Å²) in [6, 6.07) is 14.3. The van der Waals surface area contributed by atoms with E-state index < -0.39 is 0 Å². The summed E-state index contributed by atoms with van der Waals surface area (Å²) in [4.78, 5) is 26.3. The Balaban J connectivity index is 1.46. The van der Waals surface area contributed by atoms with Crippen molar-refractivity contribution in [3.63, 3.8) is 0 Å². The van der Waals surface area contributed by atoms with Crippen LogP contribution in [-0.4, -0.2) is 37.6 Å². The molecule has 0 bridgehead atoms. The van der Waals surface area contributed by atoms with Gasteiger partial charge in [0.1, 0.15) is 13.2 Å². The molecule has 0 saturated carbocycles. The van der Waals surface area contributed by atoms with Gasteiger partial charge in [0.2, 0.25) is 5.91 Å². The number of hydrogen-bond acceptors (Lipinski definition) is 4. The maximum absolute atomic E-state index is 12.4. The molecule has 2 aliphatic heterocycles. The highest BCUT2D eigenvalue weighted by Gasteiger charge is 2.32. The van der Waals surface area contributed by atoms with Crippen molar-refractivity contribution in [2.45, 2.75) is 12.5 Å². The zero-order valence-corrected chi connectivity index (χ0v) is 13.6. The number of benzene rings is 2. The Bertz CT molecular complexity index is 806. The van der Waals surface area contributed by atoms with Gasteiger partial charge in [0, 0.05) is 30.3 Å². The maximum Gasteiger partial charge on any atom is 0.251 e. The molecule has 0 spiro atoms. The lowest BCUT2D eigenvalue weighted by atomic mass is 10.2. The first-order chi connectivity index (χ1) is 12.2. The van der Waals surface area contributed by atoms with E-state index in [1.54, 1.807) is 17.0 Å². The Morgan fingerprint density at radius 2 is 1.80 bits per heavy atom. The van der Waals surface area contributed by atoms with Gasteiger partial charge in [-0.1, -0.05) is 18.2 Å². The fourth-order valence-electron chi connectivity index (χ4n) is 3.11. The molecule has 25 heavy (non-hydrogen) atoms. The number of nitrogens with zero attached hydrogens (tertiary/aromatic N) is 1. The smallest absolute Gasteiger partial charge is 0.251 e. The third-order valence-corrected chi connectivity index (χ3v) is 4.33. The number of carbonyl (C=O) groups is 2. The Kier molecular flexibility index (Phi) is 4.01. The van der Waals surface area contributed by atoms with Crippen LogP contribution in [0.5, 0.6) is 11.5 Å². The van der Waals surface area contributed by atoms with Crippen molar-refractivity contribution in [1.82, 2.24) is 5.32 Å². The molecule has 0 unspecified atom stereocenters. The van der Waals surface area contributed by atoms with Crippen molar-refractivity contribution in [3.8, 4) is 11.5 Å². The van der Waals surface area contributed by atoms with Gasteiger partial charge < -0.3 is 19.7 Å². The monoisotopic (exact) mass is 338 g/mol. The van der Waals surface area contributed by atoms with Crippen LogP contribution >= 0.6 is 0 Å². The molecule has 1 saturated heterocycles. The lowest BCUT2D eigenvalue weighted by molar-refractivity contribution is -0.117. The van der Waals surface area contributed by atoms with Crippen molar-refractivity contribution in [2.24, 2.45) is 0 Å². The zero-order chi connectivity index (χ0) is 17.2. The number of hydrogen-bond donors (Lipinski definition) is 1. The van der Waals surface area contributed by atoms with Crippen LogP contribution in [0.25, 0.3) is 0 Å². The van der Waals surface area contributed by atoms with Crippen LogP contribution in [0.3, 0.4) is 0 Å². The lowest BCUT2D eigenvalue weighted by Gasteiger charge is -2.22. The summed E-state index contributed by atoms with van der Waals surface area (Å²) in [5, 5.41) is 2.93. The Morgan fingerprint density at radius 1 is 1.04 bits per heavy atom. The van der Waals surface area contributed by atoms with E-state index in [-0.39, 0.29) is 24.3 Å². The van der Waals surface area contributed by atoms with Crippen molar-refractivity contribution in [1.29, 1.82) is 0 Å². The summed E-state index contributed by atoms with van der Waals surface area (Å²) in [5.74, 6) is 1.15. The zero-order valence-electron chi connectivity index (χ0n) is 13.6. The Hall–Kier alpha value is -3.02. The molecule has 2 amide bonds. The minimum atomic E-state index is -0.214. The van der Waals surface area contributed by atoms with Crippen LogP contribution in [0.15, 0.2) is 48.5 Å². The second-order valence-electron chi connectivity index (χ2n) is 6.07. The predicted octanol–water partition coefficient (Wildman–Crippen LogP) is 1.99. The first-order valence-electron chi connectivity index (χ1n) is 8.26. The molecule has 1 N–H and O–H groups in total. The van der Waals surface area contributed by atoms with E-state index >= 15 is 0 Å². The minimum Gasteiger partial charge on any atom is -0.486 e. The van der Waals surface area contributed by atoms with Gasteiger partial charge in [-0.15, -0.1) is 0 Å². The number of carbonyl (C=O) groups excluding carboxylic acids is 2. The van der Waals surface area contributed by atoms with Gasteiger partial charge in [-0.2, -0.15) is 0 Å². The normalized spacial score (nSPS) is 19.0. The molecule has 0 radical (unpaired) electrons. The summed E-state index contributed by atoms with van der Waals surface area (Å²) >= 11 is 0. The van der Waals surface area contributed by atoms with Gasteiger partial charge in [-0.05, 0) is 24.3 Å². The molecule has 1 fully saturated rings. The summed E-state index contributed by atoms with van der Waals surface area (Å²) < 4.78 is 11.1. The van der Waals surface area contributed by atoms with E-state index in [4.69, 9.17) is 9.47 Å².